The van der Waals surface area contributed by atoms with E-state index in [1.165, 1.54) is 0 Å². The summed E-state index contributed by atoms with van der Waals surface area (Å²) in [5.74, 6) is -5.10. The van der Waals surface area contributed by atoms with Crippen molar-refractivity contribution in [3.05, 3.63) is 12.7 Å². The van der Waals surface area contributed by atoms with Gasteiger partial charge in [-0.2, -0.15) is 0 Å². The first-order valence-electron chi connectivity index (χ1n) is 2.71. The topological polar surface area (TPSA) is 83.8 Å². The van der Waals surface area contributed by atoms with Crippen molar-refractivity contribution in [2.75, 3.05) is 0 Å². The zero-order chi connectivity index (χ0) is 9.07. The second kappa shape index (κ2) is 5.12. The molecular weight excluding hydrogens is 176 g/mol. The molecular formula is C6H10MgO5. The molecule has 0 aliphatic rings. The van der Waals surface area contributed by atoms with Gasteiger partial charge in [0, 0.05) is 13.0 Å². The molecule has 0 bridgehead atoms. The number of carbonyl (C=O) groups is 2. The molecule has 0 amide bonds. The summed E-state index contributed by atoms with van der Waals surface area (Å²) >= 11 is 0. The molecule has 2 N–H and O–H groups in total. The van der Waals surface area contributed by atoms with E-state index in [-0.39, 0.29) is 23.1 Å². The Morgan fingerprint density at radius 1 is 1.58 bits per heavy atom. The van der Waals surface area contributed by atoms with Crippen molar-refractivity contribution >= 4 is 35.0 Å². The van der Waals surface area contributed by atoms with Crippen molar-refractivity contribution in [1.29, 1.82) is 0 Å². The van der Waals surface area contributed by atoms with E-state index in [0.717, 1.165) is 13.0 Å². The van der Waals surface area contributed by atoms with Crippen LogP contribution in [0.2, 0.25) is 0 Å². The first-order valence-corrected chi connectivity index (χ1v) is 2.71. The van der Waals surface area contributed by atoms with Gasteiger partial charge in [0.1, 0.15) is 0 Å². The minimum absolute atomic E-state index is 0. The molecule has 0 aliphatic carbocycles. The van der Waals surface area contributed by atoms with E-state index in [9.17, 15) is 9.59 Å². The Labute approximate surface area is 85.2 Å². The normalized spacial score (nSPS) is 13.5. The predicted octanol–water partition coefficient (Wildman–Crippen LogP) is -1.41. The smallest absolute Gasteiger partial charge is 0.376 e. The van der Waals surface area contributed by atoms with Gasteiger partial charge in [0.15, 0.2) is 0 Å². The number of aliphatic hydroxyl groups is 1. The molecule has 0 fully saturated rings. The average molecular weight is 186 g/mol. The van der Waals surface area contributed by atoms with E-state index in [1.807, 2.05) is 0 Å². The van der Waals surface area contributed by atoms with E-state index in [4.69, 9.17) is 10.2 Å². The fourth-order valence-corrected chi connectivity index (χ4v) is 0.281. The van der Waals surface area contributed by atoms with Crippen molar-refractivity contribution in [2.24, 2.45) is 0 Å². The Morgan fingerprint density at radius 3 is 2.25 bits per heavy atom. The molecule has 0 aromatic carbocycles. The molecule has 6 heteroatoms. The number of carboxylic acid groups (broad SMARTS) is 1. The van der Waals surface area contributed by atoms with E-state index >= 15 is 0 Å². The van der Waals surface area contributed by atoms with Crippen molar-refractivity contribution in [1.82, 2.24) is 0 Å². The number of esters is 1. The highest BCUT2D eigenvalue weighted by atomic mass is 24.3. The molecule has 0 spiro atoms. The van der Waals surface area contributed by atoms with Gasteiger partial charge in [-0.15, -0.1) is 0 Å². The van der Waals surface area contributed by atoms with E-state index in [0.29, 0.717) is 0 Å². The number of rotatable bonds is 3. The molecule has 1 atom stereocenters. The quantitative estimate of drug-likeness (QED) is 0.245. The summed E-state index contributed by atoms with van der Waals surface area (Å²) in [6.45, 7) is 3.87. The molecule has 0 rings (SSSR count). The van der Waals surface area contributed by atoms with Gasteiger partial charge in [-0.25, -0.2) is 9.59 Å². The van der Waals surface area contributed by atoms with Crippen LogP contribution in [0, 0.1) is 0 Å². The highest BCUT2D eigenvalue weighted by Crippen LogP contribution is 2.05. The Hall–Kier alpha value is -0.594. The lowest BCUT2D eigenvalue weighted by atomic mass is 10.3. The summed E-state index contributed by atoms with van der Waals surface area (Å²) in [6.07, 6.45) is 0.761. The van der Waals surface area contributed by atoms with Crippen LogP contribution in [0.3, 0.4) is 0 Å². The Kier molecular flexibility index (Phi) is 5.96. The molecule has 0 saturated carbocycles. The van der Waals surface area contributed by atoms with Gasteiger partial charge in [0.2, 0.25) is 0 Å². The van der Waals surface area contributed by atoms with Gasteiger partial charge < -0.3 is 14.9 Å². The first-order chi connectivity index (χ1) is 4.90. The third-order valence-corrected chi connectivity index (χ3v) is 0.863. The summed E-state index contributed by atoms with van der Waals surface area (Å²) in [4.78, 5) is 20.5. The van der Waals surface area contributed by atoms with Crippen molar-refractivity contribution < 1.29 is 24.5 Å². The SMILES string of the molecule is C=CC(=O)OC(C)(O)C(=O)O.[MgH2]. The van der Waals surface area contributed by atoms with Crippen LogP contribution in [0.1, 0.15) is 6.92 Å². The van der Waals surface area contributed by atoms with Crippen LogP contribution >= 0.6 is 0 Å². The summed E-state index contributed by atoms with van der Waals surface area (Å²) in [7, 11) is 0. The summed E-state index contributed by atoms with van der Waals surface area (Å²) in [5.41, 5.74) is 0. The second-order valence-electron chi connectivity index (χ2n) is 1.91. The van der Waals surface area contributed by atoms with Crippen LogP contribution < -0.4 is 0 Å². The van der Waals surface area contributed by atoms with Crippen LogP contribution in [0.25, 0.3) is 0 Å². The van der Waals surface area contributed by atoms with Gasteiger partial charge in [-0.1, -0.05) is 6.58 Å². The lowest BCUT2D eigenvalue weighted by molar-refractivity contribution is -0.214. The van der Waals surface area contributed by atoms with Crippen LogP contribution in [-0.2, 0) is 14.3 Å². The standard InChI is InChI=1S/C6H8O5.Mg.2H/c1-3-4(7)11-6(2,10)5(8)9;;;/h3,10H,1H2,2H3,(H,8,9);;;. The molecule has 1 unspecified atom stereocenters. The Balaban J connectivity index is 0. The summed E-state index contributed by atoms with van der Waals surface area (Å²) in [5, 5.41) is 17.0. The lowest BCUT2D eigenvalue weighted by Gasteiger charge is -2.16. The monoisotopic (exact) mass is 186 g/mol. The fourth-order valence-electron chi connectivity index (χ4n) is 0.281. The zero-order valence-electron chi connectivity index (χ0n) is 5.90. The molecule has 0 aromatic heterocycles. The van der Waals surface area contributed by atoms with Crippen LogP contribution in [0.4, 0.5) is 0 Å². The maximum Gasteiger partial charge on any atom is 0.376 e. The lowest BCUT2D eigenvalue weighted by Crippen LogP contribution is -2.39. The number of hydrogen-bond acceptors (Lipinski definition) is 4. The molecule has 5 nitrogen and oxygen atoms in total. The van der Waals surface area contributed by atoms with Gasteiger partial charge in [0.25, 0.3) is 0 Å². The van der Waals surface area contributed by atoms with Gasteiger partial charge >= 0.3 is 40.8 Å². The maximum atomic E-state index is 10.4. The fraction of sp³-hybridized carbons (Fsp3) is 0.333. The summed E-state index contributed by atoms with van der Waals surface area (Å²) < 4.78 is 4.05. The molecule has 0 radical (unpaired) electrons. The number of aliphatic carboxylic acids is 1. The van der Waals surface area contributed by atoms with Crippen LogP contribution in [0.5, 0.6) is 0 Å². The first kappa shape index (κ1) is 14.0. The number of carboxylic acids is 1. The highest BCUT2D eigenvalue weighted by Gasteiger charge is 2.33. The van der Waals surface area contributed by atoms with E-state index in [2.05, 4.69) is 11.3 Å². The highest BCUT2D eigenvalue weighted by molar-refractivity contribution is 5.85. The van der Waals surface area contributed by atoms with Crippen LogP contribution in [-0.4, -0.2) is 51.0 Å². The van der Waals surface area contributed by atoms with E-state index in [1.54, 1.807) is 0 Å². The molecule has 0 aromatic rings. The molecule has 12 heavy (non-hydrogen) atoms. The number of carbonyl (C=O) groups excluding carboxylic acids is 1. The maximum absolute atomic E-state index is 10.4. The minimum Gasteiger partial charge on any atom is -0.476 e. The van der Waals surface area contributed by atoms with E-state index < -0.39 is 17.7 Å². The van der Waals surface area contributed by atoms with Gasteiger partial charge in [0.05, 0.1) is 0 Å². The third-order valence-electron chi connectivity index (χ3n) is 0.863. The average Bonchev–Trinajstić information content (AvgIpc) is 1.86. The van der Waals surface area contributed by atoms with Gasteiger partial charge in [-0.05, 0) is 0 Å². The predicted molar refractivity (Wildman–Crippen MR) is 43.1 cm³/mol. The van der Waals surface area contributed by atoms with Crippen molar-refractivity contribution in [2.45, 2.75) is 12.7 Å². The molecule has 0 saturated heterocycles. The molecule has 66 valence electrons. The molecule has 0 heterocycles. The largest absolute Gasteiger partial charge is 0.476 e. The molecule has 0 aliphatic heterocycles. The van der Waals surface area contributed by atoms with Crippen LogP contribution in [0.15, 0.2) is 12.7 Å². The Bertz CT molecular complexity index is 198. The van der Waals surface area contributed by atoms with Gasteiger partial charge in [-0.3, -0.25) is 0 Å². The van der Waals surface area contributed by atoms with Crippen molar-refractivity contribution in [3.63, 3.8) is 0 Å². The van der Waals surface area contributed by atoms with Crippen molar-refractivity contribution in [3.8, 4) is 0 Å². The number of ether oxygens (including phenoxy) is 1. The second-order valence-corrected chi connectivity index (χ2v) is 1.91. The minimum atomic E-state index is -2.48. The zero-order valence-corrected chi connectivity index (χ0v) is 5.90. The summed E-state index contributed by atoms with van der Waals surface area (Å²) in [6, 6.07) is 0. The third kappa shape index (κ3) is 4.32. The number of hydrogen-bond donors (Lipinski definition) is 2. The Morgan fingerprint density at radius 2 is 2.00 bits per heavy atom.